The van der Waals surface area contributed by atoms with Crippen molar-refractivity contribution in [3.8, 4) is 34.6 Å². The molecule has 5 aromatic rings. The van der Waals surface area contributed by atoms with Gasteiger partial charge in [-0.1, -0.05) is 29.8 Å². The highest BCUT2D eigenvalue weighted by Gasteiger charge is 2.26. The molecule has 0 bridgehead atoms. The smallest absolute Gasteiger partial charge is 0.239 e. The lowest BCUT2D eigenvalue weighted by atomic mass is 10.2. The number of rotatable bonds is 10. The van der Waals surface area contributed by atoms with Gasteiger partial charge in [0, 0.05) is 12.3 Å². The van der Waals surface area contributed by atoms with Crippen molar-refractivity contribution in [3.05, 3.63) is 71.6 Å². The molecule has 4 heterocycles. The predicted molar refractivity (Wildman–Crippen MR) is 150 cm³/mol. The minimum absolute atomic E-state index is 0.143. The molecule has 0 aliphatic heterocycles. The van der Waals surface area contributed by atoms with E-state index in [1.165, 1.54) is 20.4 Å². The van der Waals surface area contributed by atoms with Crippen molar-refractivity contribution in [1.82, 2.24) is 29.5 Å². The number of imidazole rings is 1. The third-order valence-electron chi connectivity index (χ3n) is 5.64. The second kappa shape index (κ2) is 11.3. The number of sulfonamides is 1. The molecule has 0 atom stereocenters. The van der Waals surface area contributed by atoms with Gasteiger partial charge in [-0.15, -0.1) is 0 Å². The Morgan fingerprint density at radius 1 is 0.925 bits per heavy atom. The summed E-state index contributed by atoms with van der Waals surface area (Å²) < 4.78 is 46.9. The lowest BCUT2D eigenvalue weighted by Gasteiger charge is -2.16. The molecule has 0 fully saturated rings. The Morgan fingerprint density at radius 3 is 2.35 bits per heavy atom. The first-order valence-corrected chi connectivity index (χ1v) is 14.0. The average molecular weight is 582 g/mol. The zero-order valence-electron chi connectivity index (χ0n) is 21.7. The lowest BCUT2D eigenvalue weighted by Crippen LogP contribution is -2.17. The van der Waals surface area contributed by atoms with Crippen LogP contribution in [-0.2, 0) is 15.8 Å². The van der Waals surface area contributed by atoms with Gasteiger partial charge < -0.3 is 14.2 Å². The standard InChI is InChI=1S/C26H24ClN7O5S/c1-4-39-20-13-7-10-17(29-20)25-32-24-26(34(25)21-18(37-2)11-8-12-19(21)38-3)31-23(22(27)30-24)33-40(35,36)15-16-9-5-6-14-28-16/h5-14H,4,15H2,1-3H3,(H,31,33). The maximum atomic E-state index is 13.0. The summed E-state index contributed by atoms with van der Waals surface area (Å²) in [5, 5.41) is -0.184. The summed E-state index contributed by atoms with van der Waals surface area (Å²) >= 11 is 6.40. The van der Waals surface area contributed by atoms with E-state index in [-0.39, 0.29) is 28.0 Å². The molecule has 40 heavy (non-hydrogen) atoms. The van der Waals surface area contributed by atoms with Crippen molar-refractivity contribution in [2.45, 2.75) is 12.7 Å². The molecule has 1 N–H and O–H groups in total. The van der Waals surface area contributed by atoms with Crippen LogP contribution >= 0.6 is 11.6 Å². The minimum Gasteiger partial charge on any atom is -0.494 e. The number of methoxy groups -OCH3 is 2. The van der Waals surface area contributed by atoms with Crippen LogP contribution in [0, 0.1) is 0 Å². The molecular weight excluding hydrogens is 558 g/mol. The van der Waals surface area contributed by atoms with Crippen LogP contribution in [0.2, 0.25) is 5.15 Å². The van der Waals surface area contributed by atoms with Gasteiger partial charge in [0.2, 0.25) is 15.9 Å². The fourth-order valence-electron chi connectivity index (χ4n) is 4.00. The third kappa shape index (κ3) is 5.46. The summed E-state index contributed by atoms with van der Waals surface area (Å²) in [6, 6.07) is 15.5. The van der Waals surface area contributed by atoms with Crippen LogP contribution in [0.15, 0.2) is 60.8 Å². The van der Waals surface area contributed by atoms with E-state index in [1.807, 2.05) is 6.92 Å². The van der Waals surface area contributed by atoms with E-state index in [1.54, 1.807) is 59.2 Å². The van der Waals surface area contributed by atoms with Crippen molar-refractivity contribution in [1.29, 1.82) is 0 Å². The van der Waals surface area contributed by atoms with Gasteiger partial charge in [0.25, 0.3) is 0 Å². The highest BCUT2D eigenvalue weighted by molar-refractivity contribution is 7.91. The molecule has 5 rings (SSSR count). The fourth-order valence-corrected chi connectivity index (χ4v) is 5.30. The van der Waals surface area contributed by atoms with Crippen LogP contribution < -0.4 is 18.9 Å². The quantitative estimate of drug-likeness (QED) is 0.254. The zero-order chi connectivity index (χ0) is 28.3. The molecule has 12 nitrogen and oxygen atoms in total. The van der Waals surface area contributed by atoms with Gasteiger partial charge in [0.1, 0.15) is 28.6 Å². The van der Waals surface area contributed by atoms with E-state index >= 15 is 0 Å². The highest BCUT2D eigenvalue weighted by atomic mass is 35.5. The summed E-state index contributed by atoms with van der Waals surface area (Å²) in [5.74, 6) is 1.03. The molecule has 4 aromatic heterocycles. The second-order valence-electron chi connectivity index (χ2n) is 8.27. The van der Waals surface area contributed by atoms with Crippen LogP contribution in [0.4, 0.5) is 5.82 Å². The maximum Gasteiger partial charge on any atom is 0.239 e. The second-order valence-corrected chi connectivity index (χ2v) is 10.3. The summed E-state index contributed by atoms with van der Waals surface area (Å²) in [5.41, 5.74) is 1.57. The zero-order valence-corrected chi connectivity index (χ0v) is 23.3. The molecule has 0 saturated heterocycles. The molecule has 0 aliphatic carbocycles. The van der Waals surface area contributed by atoms with Crippen LogP contribution in [0.5, 0.6) is 17.4 Å². The van der Waals surface area contributed by atoms with Gasteiger partial charge >= 0.3 is 0 Å². The van der Waals surface area contributed by atoms with Gasteiger partial charge in [-0.3, -0.25) is 14.3 Å². The number of anilines is 1. The number of nitrogens with zero attached hydrogens (tertiary/aromatic N) is 6. The van der Waals surface area contributed by atoms with E-state index in [0.29, 0.717) is 46.9 Å². The number of fused-ring (bicyclic) bond motifs is 1. The number of aromatic nitrogens is 6. The first-order chi connectivity index (χ1) is 19.3. The monoisotopic (exact) mass is 581 g/mol. The number of pyridine rings is 2. The van der Waals surface area contributed by atoms with Crippen LogP contribution in [0.3, 0.4) is 0 Å². The number of halogens is 1. The van der Waals surface area contributed by atoms with Gasteiger partial charge in [-0.2, -0.15) is 0 Å². The molecule has 0 aliphatic rings. The Labute approximate surface area is 235 Å². The molecule has 0 spiro atoms. The number of ether oxygens (including phenoxy) is 3. The largest absolute Gasteiger partial charge is 0.494 e. The Hall–Kier alpha value is -4.49. The summed E-state index contributed by atoms with van der Waals surface area (Å²) in [6.07, 6.45) is 1.51. The Morgan fingerprint density at radius 2 is 1.68 bits per heavy atom. The molecule has 1 aromatic carbocycles. The van der Waals surface area contributed by atoms with Crippen molar-refractivity contribution < 1.29 is 22.6 Å². The van der Waals surface area contributed by atoms with E-state index in [2.05, 4.69) is 29.6 Å². The van der Waals surface area contributed by atoms with Crippen LogP contribution in [0.1, 0.15) is 12.6 Å². The predicted octanol–water partition coefficient (Wildman–Crippen LogP) is 4.28. The van der Waals surface area contributed by atoms with E-state index < -0.39 is 10.0 Å². The van der Waals surface area contributed by atoms with E-state index in [9.17, 15) is 8.42 Å². The Balaban J connectivity index is 1.72. The Bertz CT molecular complexity index is 1760. The first kappa shape index (κ1) is 27.1. The Kier molecular flexibility index (Phi) is 7.67. The lowest BCUT2D eigenvalue weighted by molar-refractivity contribution is 0.327. The SMILES string of the molecule is CCOc1cccc(-c2nc3nc(Cl)c(NS(=O)(=O)Cc4ccccn4)nc3n2-c2c(OC)cccc2OC)n1. The normalized spacial score (nSPS) is 11.4. The summed E-state index contributed by atoms with van der Waals surface area (Å²) in [4.78, 5) is 22.2. The molecule has 0 radical (unpaired) electrons. The van der Waals surface area contributed by atoms with Crippen LogP contribution in [-0.4, -0.2) is 58.7 Å². The van der Waals surface area contributed by atoms with Crippen molar-refractivity contribution >= 4 is 38.7 Å². The van der Waals surface area contributed by atoms with Crippen molar-refractivity contribution in [3.63, 3.8) is 0 Å². The number of hydrogen-bond donors (Lipinski definition) is 1. The van der Waals surface area contributed by atoms with Crippen molar-refractivity contribution in [2.75, 3.05) is 25.5 Å². The summed E-state index contributed by atoms with van der Waals surface area (Å²) in [6.45, 7) is 2.28. The molecule has 0 saturated carbocycles. The minimum atomic E-state index is -3.95. The molecule has 0 amide bonds. The van der Waals surface area contributed by atoms with Gasteiger partial charge in [-0.05, 0) is 37.3 Å². The number of benzene rings is 1. The third-order valence-corrected chi connectivity index (χ3v) is 7.08. The first-order valence-electron chi connectivity index (χ1n) is 12.0. The van der Waals surface area contributed by atoms with Crippen LogP contribution in [0.25, 0.3) is 28.5 Å². The van der Waals surface area contributed by atoms with Gasteiger partial charge in [0.15, 0.2) is 28.1 Å². The van der Waals surface area contributed by atoms with Crippen molar-refractivity contribution in [2.24, 2.45) is 0 Å². The molecule has 206 valence electrons. The highest BCUT2D eigenvalue weighted by Crippen LogP contribution is 2.38. The molecule has 0 unspecified atom stereocenters. The molecular formula is C26H24ClN7O5S. The number of nitrogens with one attached hydrogen (secondary N) is 1. The van der Waals surface area contributed by atoms with E-state index in [0.717, 1.165) is 0 Å². The number of hydrogen-bond acceptors (Lipinski definition) is 10. The number of para-hydroxylation sites is 1. The van der Waals surface area contributed by atoms with Gasteiger partial charge in [-0.25, -0.2) is 28.4 Å². The van der Waals surface area contributed by atoms with E-state index in [4.69, 9.17) is 25.8 Å². The summed E-state index contributed by atoms with van der Waals surface area (Å²) in [7, 11) is -0.909. The van der Waals surface area contributed by atoms with Gasteiger partial charge in [0.05, 0.1) is 26.5 Å². The maximum absolute atomic E-state index is 13.0. The fraction of sp³-hybridized carbons (Fsp3) is 0.192. The topological polar surface area (TPSA) is 143 Å². The average Bonchev–Trinajstić information content (AvgIpc) is 3.30. The molecule has 14 heteroatoms.